The molecule has 1 unspecified atom stereocenters. The largest absolute Gasteiger partial charge is 0.469 e. The quantitative estimate of drug-likeness (QED) is 0.306. The molecule has 24 heavy (non-hydrogen) atoms. The zero-order valence-electron chi connectivity index (χ0n) is 15.8. The van der Waals surface area contributed by atoms with Crippen LogP contribution in [0.1, 0.15) is 96.8 Å². The third kappa shape index (κ3) is 16.5. The predicted molar refractivity (Wildman–Crippen MR) is 104 cm³/mol. The third-order valence-corrected chi connectivity index (χ3v) is 4.49. The molecule has 0 heterocycles. The number of methoxy groups -OCH3 is 1. The van der Waals surface area contributed by atoms with Crippen molar-refractivity contribution < 1.29 is 14.6 Å². The molecule has 3 N–H and O–H groups in total. The number of halogens is 1. The third-order valence-electron chi connectivity index (χ3n) is 4.49. The van der Waals surface area contributed by atoms with Crippen LogP contribution in [-0.2, 0) is 9.53 Å². The fourth-order valence-electron chi connectivity index (χ4n) is 2.82. The lowest BCUT2D eigenvalue weighted by Crippen LogP contribution is -2.36. The van der Waals surface area contributed by atoms with Crippen LogP contribution in [0.25, 0.3) is 0 Å². The molecule has 0 aliphatic carbocycles. The predicted octanol–water partition coefficient (Wildman–Crippen LogP) is 4.75. The standard InChI is InChI=1S/C19H39NO3.ClH/c1-3-4-5-6-7-8-9-10-11-12-13-14-15-17(20)18(21)16-19(22)23-2;/h17-18,21H,3-16,20H2,1-2H3;1H/t17?,18-;/m0./s1. The van der Waals surface area contributed by atoms with Gasteiger partial charge in [0.1, 0.15) is 0 Å². The van der Waals surface area contributed by atoms with Crippen molar-refractivity contribution in [2.45, 2.75) is 109 Å². The maximum atomic E-state index is 11.1. The van der Waals surface area contributed by atoms with E-state index in [0.29, 0.717) is 0 Å². The van der Waals surface area contributed by atoms with Crippen LogP contribution in [0.2, 0.25) is 0 Å². The van der Waals surface area contributed by atoms with Crippen molar-refractivity contribution >= 4 is 18.4 Å². The minimum atomic E-state index is -0.782. The van der Waals surface area contributed by atoms with Crippen LogP contribution >= 0.6 is 12.4 Å². The smallest absolute Gasteiger partial charge is 0.308 e. The average molecular weight is 366 g/mol. The molecular formula is C19H40ClNO3. The van der Waals surface area contributed by atoms with Gasteiger partial charge in [-0.1, -0.05) is 84.0 Å². The molecule has 0 bridgehead atoms. The number of ether oxygens (including phenoxy) is 1. The van der Waals surface area contributed by atoms with Gasteiger partial charge in [0.05, 0.1) is 19.6 Å². The van der Waals surface area contributed by atoms with Crippen molar-refractivity contribution in [3.8, 4) is 0 Å². The monoisotopic (exact) mass is 365 g/mol. The van der Waals surface area contributed by atoms with Crippen LogP contribution in [0.3, 0.4) is 0 Å². The number of nitrogens with two attached hydrogens (primary N) is 1. The lowest BCUT2D eigenvalue weighted by molar-refractivity contribution is -0.143. The van der Waals surface area contributed by atoms with E-state index >= 15 is 0 Å². The van der Waals surface area contributed by atoms with Crippen molar-refractivity contribution in [1.29, 1.82) is 0 Å². The van der Waals surface area contributed by atoms with Gasteiger partial charge in [-0.15, -0.1) is 12.4 Å². The molecule has 5 heteroatoms. The topological polar surface area (TPSA) is 72.5 Å². The average Bonchev–Trinajstić information content (AvgIpc) is 2.55. The highest BCUT2D eigenvalue weighted by Crippen LogP contribution is 2.13. The van der Waals surface area contributed by atoms with E-state index in [-0.39, 0.29) is 24.9 Å². The van der Waals surface area contributed by atoms with Crippen LogP contribution in [0.5, 0.6) is 0 Å². The number of aliphatic hydroxyl groups excluding tert-OH is 1. The Kier molecular flexibility index (Phi) is 20.5. The second-order valence-corrected chi connectivity index (χ2v) is 6.69. The van der Waals surface area contributed by atoms with Crippen molar-refractivity contribution in [3.05, 3.63) is 0 Å². The number of rotatable bonds is 16. The number of aliphatic hydroxyl groups is 1. The van der Waals surface area contributed by atoms with Crippen LogP contribution in [-0.4, -0.2) is 30.3 Å². The summed E-state index contributed by atoms with van der Waals surface area (Å²) in [4.78, 5) is 11.1. The van der Waals surface area contributed by atoms with E-state index in [0.717, 1.165) is 19.3 Å². The number of carbonyl (C=O) groups excluding carboxylic acids is 1. The minimum absolute atomic E-state index is 0. The van der Waals surface area contributed by atoms with E-state index in [2.05, 4.69) is 11.7 Å². The summed E-state index contributed by atoms with van der Waals surface area (Å²) in [6.45, 7) is 2.26. The number of esters is 1. The van der Waals surface area contributed by atoms with Crippen LogP contribution in [0, 0.1) is 0 Å². The molecule has 0 radical (unpaired) electrons. The summed E-state index contributed by atoms with van der Waals surface area (Å²) in [5, 5.41) is 9.77. The Morgan fingerprint density at radius 3 is 1.75 bits per heavy atom. The molecule has 146 valence electrons. The zero-order valence-corrected chi connectivity index (χ0v) is 16.6. The fourth-order valence-corrected chi connectivity index (χ4v) is 2.82. The summed E-state index contributed by atoms with van der Waals surface area (Å²) in [5.41, 5.74) is 5.89. The molecule has 0 spiro atoms. The Morgan fingerprint density at radius 1 is 0.917 bits per heavy atom. The number of unbranched alkanes of at least 4 members (excludes halogenated alkanes) is 11. The van der Waals surface area contributed by atoms with Crippen molar-refractivity contribution in [2.75, 3.05) is 7.11 Å². The lowest BCUT2D eigenvalue weighted by Gasteiger charge is -2.17. The second kappa shape index (κ2) is 19.0. The summed E-state index contributed by atoms with van der Waals surface area (Å²) < 4.78 is 4.53. The van der Waals surface area contributed by atoms with Gasteiger partial charge in [-0.2, -0.15) is 0 Å². The Labute approximate surface area is 155 Å². The van der Waals surface area contributed by atoms with Crippen LogP contribution < -0.4 is 5.73 Å². The van der Waals surface area contributed by atoms with Gasteiger partial charge < -0.3 is 15.6 Å². The van der Waals surface area contributed by atoms with Gasteiger partial charge in [0.2, 0.25) is 0 Å². The molecule has 0 aliphatic rings. The molecule has 0 aromatic heterocycles. The lowest BCUT2D eigenvalue weighted by atomic mass is 10.0. The van der Waals surface area contributed by atoms with Crippen molar-refractivity contribution in [3.63, 3.8) is 0 Å². The molecule has 0 saturated carbocycles. The van der Waals surface area contributed by atoms with E-state index in [4.69, 9.17) is 5.73 Å². The van der Waals surface area contributed by atoms with Gasteiger partial charge >= 0.3 is 5.97 Å². The summed E-state index contributed by atoms with van der Waals surface area (Å²) in [5.74, 6) is -0.400. The fraction of sp³-hybridized carbons (Fsp3) is 0.947. The molecule has 0 aromatic carbocycles. The van der Waals surface area contributed by atoms with Crippen LogP contribution in [0.4, 0.5) is 0 Å². The molecule has 0 amide bonds. The molecule has 0 aromatic rings. The number of carbonyl (C=O) groups is 1. The van der Waals surface area contributed by atoms with Gasteiger partial charge in [0, 0.05) is 6.04 Å². The summed E-state index contributed by atoms with van der Waals surface area (Å²) in [6.07, 6.45) is 15.7. The Hall–Kier alpha value is -0.320. The summed E-state index contributed by atoms with van der Waals surface area (Å²) >= 11 is 0. The van der Waals surface area contributed by atoms with E-state index in [1.165, 1.54) is 71.3 Å². The van der Waals surface area contributed by atoms with Crippen LogP contribution in [0.15, 0.2) is 0 Å². The van der Waals surface area contributed by atoms with Gasteiger partial charge in [0.15, 0.2) is 0 Å². The maximum Gasteiger partial charge on any atom is 0.308 e. The van der Waals surface area contributed by atoms with Crippen molar-refractivity contribution in [2.24, 2.45) is 5.73 Å². The first-order valence-electron chi connectivity index (χ1n) is 9.62. The van der Waals surface area contributed by atoms with Gasteiger partial charge in [-0.05, 0) is 6.42 Å². The van der Waals surface area contributed by atoms with Gasteiger partial charge in [0.25, 0.3) is 0 Å². The highest BCUT2D eigenvalue weighted by Gasteiger charge is 2.18. The van der Waals surface area contributed by atoms with E-state index in [1.807, 2.05) is 0 Å². The van der Waals surface area contributed by atoms with E-state index in [9.17, 15) is 9.90 Å². The van der Waals surface area contributed by atoms with E-state index in [1.54, 1.807) is 0 Å². The minimum Gasteiger partial charge on any atom is -0.469 e. The highest BCUT2D eigenvalue weighted by atomic mass is 35.5. The molecule has 0 saturated heterocycles. The van der Waals surface area contributed by atoms with Crippen molar-refractivity contribution in [1.82, 2.24) is 0 Å². The summed E-state index contributed by atoms with van der Waals surface area (Å²) in [6, 6.07) is -0.322. The Balaban J connectivity index is 0. The molecule has 0 fully saturated rings. The molecule has 0 rings (SSSR count). The summed E-state index contributed by atoms with van der Waals surface area (Å²) in [7, 11) is 1.33. The Bertz CT molecular complexity index is 277. The number of hydrogen-bond donors (Lipinski definition) is 2. The SMILES string of the molecule is CCCCCCCCCCCCCCC(N)[C@@H](O)CC(=O)OC.Cl. The van der Waals surface area contributed by atoms with Gasteiger partial charge in [-0.3, -0.25) is 4.79 Å². The van der Waals surface area contributed by atoms with E-state index < -0.39 is 12.1 Å². The number of hydrogen-bond acceptors (Lipinski definition) is 4. The first-order chi connectivity index (χ1) is 11.1. The molecule has 0 aliphatic heterocycles. The second-order valence-electron chi connectivity index (χ2n) is 6.69. The zero-order chi connectivity index (χ0) is 17.3. The maximum absolute atomic E-state index is 11.1. The normalized spacial score (nSPS) is 13.2. The highest BCUT2D eigenvalue weighted by molar-refractivity contribution is 5.85. The molecule has 2 atom stereocenters. The molecular weight excluding hydrogens is 326 g/mol. The molecule has 4 nitrogen and oxygen atoms in total. The Morgan fingerprint density at radius 2 is 1.33 bits per heavy atom. The van der Waals surface area contributed by atoms with Gasteiger partial charge in [-0.25, -0.2) is 0 Å². The first kappa shape index (κ1) is 25.9. The first-order valence-corrected chi connectivity index (χ1v) is 9.62.